The van der Waals surface area contributed by atoms with Gasteiger partial charge in [-0.25, -0.2) is 9.97 Å². The maximum absolute atomic E-state index is 13.1. The van der Waals surface area contributed by atoms with E-state index in [-0.39, 0.29) is 24.0 Å². The lowest BCUT2D eigenvalue weighted by Gasteiger charge is -2.41. The van der Waals surface area contributed by atoms with E-state index in [2.05, 4.69) is 25.1 Å². The Kier molecular flexibility index (Phi) is 5.44. The summed E-state index contributed by atoms with van der Waals surface area (Å²) in [6.07, 6.45) is 3.10. The number of aromatic nitrogens is 2. The summed E-state index contributed by atoms with van der Waals surface area (Å²) in [6.45, 7) is 2.31. The molecule has 3 fully saturated rings. The molecule has 0 bridgehead atoms. The van der Waals surface area contributed by atoms with Gasteiger partial charge >= 0.3 is 6.18 Å². The van der Waals surface area contributed by atoms with Crippen LogP contribution in [0.2, 0.25) is 0 Å². The molecule has 9 heteroatoms. The van der Waals surface area contributed by atoms with E-state index in [0.29, 0.717) is 5.82 Å². The van der Waals surface area contributed by atoms with Crippen LogP contribution in [-0.2, 0) is 11.0 Å². The lowest BCUT2D eigenvalue weighted by atomic mass is 9.99. The number of nitrogens with one attached hydrogen (secondary N) is 1. The SMILES string of the molecule is O=C1NCCCCC1N1CCC(N(c2cc(C(F)(F)F)ncn2)C2CC2)CC1. The number of carbonyl (C=O) groups is 1. The predicted octanol–water partition coefficient (Wildman–Crippen LogP) is 2.60. The van der Waals surface area contributed by atoms with Crippen LogP contribution in [0.3, 0.4) is 0 Å². The van der Waals surface area contributed by atoms with Gasteiger partial charge < -0.3 is 10.2 Å². The minimum Gasteiger partial charge on any atom is -0.355 e. The molecule has 1 aromatic rings. The van der Waals surface area contributed by atoms with Gasteiger partial charge in [-0.2, -0.15) is 13.2 Å². The molecular weight excluding hydrogens is 371 g/mol. The molecule has 3 aliphatic rings. The van der Waals surface area contributed by atoms with E-state index in [4.69, 9.17) is 0 Å². The molecule has 1 N–H and O–H groups in total. The van der Waals surface area contributed by atoms with Gasteiger partial charge in [0.25, 0.3) is 0 Å². The molecule has 2 aliphatic heterocycles. The number of alkyl halides is 3. The highest BCUT2D eigenvalue weighted by molar-refractivity contribution is 5.81. The zero-order chi connectivity index (χ0) is 19.7. The van der Waals surface area contributed by atoms with Crippen LogP contribution in [0.5, 0.6) is 0 Å². The van der Waals surface area contributed by atoms with E-state index < -0.39 is 11.9 Å². The quantitative estimate of drug-likeness (QED) is 0.846. The van der Waals surface area contributed by atoms with Crippen molar-refractivity contribution in [3.05, 3.63) is 18.1 Å². The van der Waals surface area contributed by atoms with Gasteiger partial charge in [-0.05, 0) is 44.9 Å². The lowest BCUT2D eigenvalue weighted by molar-refractivity contribution is -0.141. The van der Waals surface area contributed by atoms with Crippen LogP contribution in [0, 0.1) is 0 Å². The third-order valence-electron chi connectivity index (χ3n) is 5.99. The number of anilines is 1. The van der Waals surface area contributed by atoms with Gasteiger partial charge in [0.15, 0.2) is 0 Å². The molecule has 1 aromatic heterocycles. The van der Waals surface area contributed by atoms with E-state index in [9.17, 15) is 18.0 Å². The van der Waals surface area contributed by atoms with Crippen molar-refractivity contribution < 1.29 is 18.0 Å². The first kappa shape index (κ1) is 19.4. The fourth-order valence-corrected chi connectivity index (χ4v) is 4.42. The smallest absolute Gasteiger partial charge is 0.355 e. The van der Waals surface area contributed by atoms with Crippen molar-refractivity contribution in [1.29, 1.82) is 0 Å². The van der Waals surface area contributed by atoms with Crippen molar-refractivity contribution in [1.82, 2.24) is 20.2 Å². The first-order valence-electron chi connectivity index (χ1n) is 10.1. The number of amides is 1. The van der Waals surface area contributed by atoms with Crippen molar-refractivity contribution in [2.24, 2.45) is 0 Å². The molecule has 154 valence electrons. The highest BCUT2D eigenvalue weighted by Gasteiger charge is 2.40. The second-order valence-electron chi connectivity index (χ2n) is 7.97. The van der Waals surface area contributed by atoms with Crippen molar-refractivity contribution >= 4 is 11.7 Å². The number of halogens is 3. The second-order valence-corrected chi connectivity index (χ2v) is 7.97. The maximum atomic E-state index is 13.1. The van der Waals surface area contributed by atoms with Gasteiger partial charge in [0.2, 0.25) is 5.91 Å². The Bertz CT molecular complexity index is 701. The first-order chi connectivity index (χ1) is 13.4. The van der Waals surface area contributed by atoms with Gasteiger partial charge in [-0.1, -0.05) is 0 Å². The molecular formula is C19H26F3N5O. The fourth-order valence-electron chi connectivity index (χ4n) is 4.42. The standard InChI is InChI=1S/C19H26F3N5O/c20-19(21,22)16-11-17(25-12-24-16)27(13-4-5-13)14-6-9-26(10-7-14)15-3-1-2-8-23-18(15)28/h11-15H,1-10H2,(H,23,28). The number of likely N-dealkylation sites (tertiary alicyclic amines) is 1. The summed E-state index contributed by atoms with van der Waals surface area (Å²) < 4.78 is 39.2. The van der Waals surface area contributed by atoms with E-state index in [1.165, 1.54) is 0 Å². The molecule has 1 aliphatic carbocycles. The third kappa shape index (κ3) is 4.24. The summed E-state index contributed by atoms with van der Waals surface area (Å²) in [5, 5.41) is 2.99. The molecule has 1 unspecified atom stereocenters. The van der Waals surface area contributed by atoms with Crippen LogP contribution in [0.15, 0.2) is 12.4 Å². The molecule has 28 heavy (non-hydrogen) atoms. The van der Waals surface area contributed by atoms with Gasteiger partial charge in [-0.15, -0.1) is 0 Å². The molecule has 0 spiro atoms. The normalized spacial score (nSPS) is 25.2. The topological polar surface area (TPSA) is 61.4 Å². The molecule has 3 heterocycles. The van der Waals surface area contributed by atoms with Gasteiger partial charge in [0.1, 0.15) is 17.8 Å². The zero-order valence-corrected chi connectivity index (χ0v) is 15.8. The Morgan fingerprint density at radius 1 is 1.04 bits per heavy atom. The number of hydrogen-bond donors (Lipinski definition) is 1. The second kappa shape index (κ2) is 7.85. The molecule has 4 rings (SSSR count). The van der Waals surface area contributed by atoms with Crippen LogP contribution in [0.4, 0.5) is 19.0 Å². The summed E-state index contributed by atoms with van der Waals surface area (Å²) in [5.74, 6) is 0.483. The van der Waals surface area contributed by atoms with E-state index in [0.717, 1.165) is 77.0 Å². The van der Waals surface area contributed by atoms with Crippen LogP contribution in [0.1, 0.15) is 50.6 Å². The average Bonchev–Trinajstić information content (AvgIpc) is 3.51. The Balaban J connectivity index is 1.45. The Morgan fingerprint density at radius 3 is 2.43 bits per heavy atom. The van der Waals surface area contributed by atoms with E-state index in [1.54, 1.807) is 0 Å². The molecule has 0 radical (unpaired) electrons. The van der Waals surface area contributed by atoms with Crippen molar-refractivity contribution in [2.45, 2.75) is 69.2 Å². The number of carbonyl (C=O) groups excluding carboxylic acids is 1. The number of hydrogen-bond acceptors (Lipinski definition) is 5. The summed E-state index contributed by atoms with van der Waals surface area (Å²) in [7, 11) is 0. The first-order valence-corrected chi connectivity index (χ1v) is 10.1. The number of piperidine rings is 1. The Hall–Kier alpha value is -1.90. The Labute approximate surface area is 162 Å². The summed E-state index contributed by atoms with van der Waals surface area (Å²) in [6, 6.07) is 1.40. The average molecular weight is 397 g/mol. The van der Waals surface area contributed by atoms with E-state index in [1.807, 2.05) is 0 Å². The fraction of sp³-hybridized carbons (Fsp3) is 0.737. The summed E-state index contributed by atoms with van der Waals surface area (Å²) >= 11 is 0. The lowest BCUT2D eigenvalue weighted by Crippen LogP contribution is -2.52. The van der Waals surface area contributed by atoms with Crippen molar-refractivity contribution in [2.75, 3.05) is 24.5 Å². The minimum absolute atomic E-state index is 0.0753. The molecule has 2 saturated heterocycles. The zero-order valence-electron chi connectivity index (χ0n) is 15.8. The van der Waals surface area contributed by atoms with Crippen LogP contribution < -0.4 is 10.2 Å². The van der Waals surface area contributed by atoms with E-state index >= 15 is 0 Å². The number of nitrogens with zero attached hydrogens (tertiary/aromatic N) is 4. The molecule has 1 saturated carbocycles. The van der Waals surface area contributed by atoms with Crippen molar-refractivity contribution in [3.63, 3.8) is 0 Å². The van der Waals surface area contributed by atoms with Gasteiger partial charge in [-0.3, -0.25) is 9.69 Å². The molecule has 6 nitrogen and oxygen atoms in total. The van der Waals surface area contributed by atoms with Crippen LogP contribution >= 0.6 is 0 Å². The highest BCUT2D eigenvalue weighted by atomic mass is 19.4. The minimum atomic E-state index is -4.47. The highest BCUT2D eigenvalue weighted by Crippen LogP contribution is 2.37. The van der Waals surface area contributed by atoms with Gasteiger partial charge in [0.05, 0.1) is 6.04 Å². The number of rotatable bonds is 4. The molecule has 1 amide bonds. The molecule has 1 atom stereocenters. The van der Waals surface area contributed by atoms with Crippen LogP contribution in [-0.4, -0.2) is 58.5 Å². The predicted molar refractivity (Wildman–Crippen MR) is 97.8 cm³/mol. The van der Waals surface area contributed by atoms with Crippen LogP contribution in [0.25, 0.3) is 0 Å². The maximum Gasteiger partial charge on any atom is 0.433 e. The van der Waals surface area contributed by atoms with Gasteiger partial charge in [0, 0.05) is 37.8 Å². The third-order valence-corrected chi connectivity index (χ3v) is 5.99. The summed E-state index contributed by atoms with van der Waals surface area (Å²) in [4.78, 5) is 24.2. The Morgan fingerprint density at radius 2 is 1.75 bits per heavy atom. The monoisotopic (exact) mass is 397 g/mol. The van der Waals surface area contributed by atoms with Crippen molar-refractivity contribution in [3.8, 4) is 0 Å². The summed E-state index contributed by atoms with van der Waals surface area (Å²) in [5.41, 5.74) is -0.893. The largest absolute Gasteiger partial charge is 0.433 e. The molecule has 0 aromatic carbocycles.